The van der Waals surface area contributed by atoms with Gasteiger partial charge in [0.1, 0.15) is 0 Å². The lowest BCUT2D eigenvalue weighted by atomic mass is 10.2. The van der Waals surface area contributed by atoms with E-state index >= 15 is 0 Å². The van der Waals surface area contributed by atoms with Gasteiger partial charge in [-0.2, -0.15) is 0 Å². The number of hydrogen-bond donors (Lipinski definition) is 2. The minimum absolute atomic E-state index is 0.0212. The van der Waals surface area contributed by atoms with Crippen molar-refractivity contribution in [2.24, 2.45) is 0 Å². The van der Waals surface area contributed by atoms with Crippen LogP contribution in [0.2, 0.25) is 5.02 Å². The molecular formula is C15H16ClN3OS. The van der Waals surface area contributed by atoms with Crippen LogP contribution in [-0.4, -0.2) is 16.6 Å². The fourth-order valence-electron chi connectivity index (χ4n) is 1.70. The lowest BCUT2D eigenvalue weighted by Gasteiger charge is -2.07. The van der Waals surface area contributed by atoms with Crippen molar-refractivity contribution in [1.29, 1.82) is 0 Å². The molecule has 0 bridgehead atoms. The second-order valence-electron chi connectivity index (χ2n) is 4.42. The molecule has 0 radical (unpaired) electrons. The number of benzene rings is 1. The second-order valence-corrected chi connectivity index (χ2v) is 5.99. The number of carbonyl (C=O) groups is 1. The maximum absolute atomic E-state index is 11.8. The van der Waals surface area contributed by atoms with E-state index in [-0.39, 0.29) is 5.91 Å². The zero-order chi connectivity index (χ0) is 15.1. The van der Waals surface area contributed by atoms with Crippen molar-refractivity contribution >= 4 is 40.6 Å². The Labute approximate surface area is 133 Å². The summed E-state index contributed by atoms with van der Waals surface area (Å²) < 4.78 is 0. The van der Waals surface area contributed by atoms with E-state index in [4.69, 9.17) is 17.3 Å². The summed E-state index contributed by atoms with van der Waals surface area (Å²) in [6, 6.07) is 8.99. The predicted molar refractivity (Wildman–Crippen MR) is 88.7 cm³/mol. The fraction of sp³-hybridized carbons (Fsp3) is 0.200. The van der Waals surface area contributed by atoms with Gasteiger partial charge in [-0.05, 0) is 42.5 Å². The molecule has 0 aliphatic carbocycles. The van der Waals surface area contributed by atoms with Gasteiger partial charge in [-0.1, -0.05) is 11.6 Å². The molecule has 1 aromatic carbocycles. The molecule has 1 amide bonds. The Morgan fingerprint density at radius 3 is 2.76 bits per heavy atom. The van der Waals surface area contributed by atoms with Gasteiger partial charge in [0.25, 0.3) is 0 Å². The first kappa shape index (κ1) is 15.7. The molecule has 110 valence electrons. The zero-order valence-electron chi connectivity index (χ0n) is 11.4. The molecule has 0 saturated carbocycles. The molecule has 2 rings (SSSR count). The second kappa shape index (κ2) is 7.90. The monoisotopic (exact) mass is 321 g/mol. The number of carbonyl (C=O) groups excluding carboxylic acids is 1. The van der Waals surface area contributed by atoms with Crippen LogP contribution < -0.4 is 11.1 Å². The average molecular weight is 322 g/mol. The first-order valence-corrected chi connectivity index (χ1v) is 7.89. The van der Waals surface area contributed by atoms with E-state index in [1.807, 2.05) is 12.1 Å². The van der Waals surface area contributed by atoms with E-state index in [1.54, 1.807) is 42.4 Å². The molecule has 21 heavy (non-hydrogen) atoms. The summed E-state index contributed by atoms with van der Waals surface area (Å²) in [6.45, 7) is 0. The summed E-state index contributed by atoms with van der Waals surface area (Å²) in [5.41, 5.74) is 6.82. The molecule has 6 heteroatoms. The number of halogens is 1. The first-order valence-electron chi connectivity index (χ1n) is 6.53. The summed E-state index contributed by atoms with van der Waals surface area (Å²) >= 11 is 7.55. The molecule has 0 saturated heterocycles. The quantitative estimate of drug-likeness (QED) is 0.482. The number of nitrogens with zero attached hydrogens (tertiary/aromatic N) is 1. The van der Waals surface area contributed by atoms with Gasteiger partial charge in [0, 0.05) is 29.4 Å². The van der Waals surface area contributed by atoms with E-state index in [1.165, 1.54) is 0 Å². The molecule has 0 aliphatic heterocycles. The molecule has 0 unspecified atom stereocenters. The van der Waals surface area contributed by atoms with Crippen molar-refractivity contribution in [3.63, 3.8) is 0 Å². The van der Waals surface area contributed by atoms with Gasteiger partial charge in [-0.3, -0.25) is 9.78 Å². The number of rotatable bonds is 6. The van der Waals surface area contributed by atoms with Crippen molar-refractivity contribution < 1.29 is 4.79 Å². The molecule has 3 N–H and O–H groups in total. The summed E-state index contributed by atoms with van der Waals surface area (Å²) in [6.07, 6.45) is 4.81. The van der Waals surface area contributed by atoms with Crippen molar-refractivity contribution in [3.8, 4) is 0 Å². The number of pyridine rings is 1. The highest BCUT2D eigenvalue weighted by Gasteiger charge is 2.04. The Kier molecular flexibility index (Phi) is 5.90. The minimum Gasteiger partial charge on any atom is -0.397 e. The van der Waals surface area contributed by atoms with Gasteiger partial charge < -0.3 is 11.1 Å². The summed E-state index contributed by atoms with van der Waals surface area (Å²) in [7, 11) is 0. The predicted octanol–water partition coefficient (Wildman–Crippen LogP) is 3.83. The smallest absolute Gasteiger partial charge is 0.224 e. The highest BCUT2D eigenvalue weighted by atomic mass is 35.5. The van der Waals surface area contributed by atoms with Gasteiger partial charge in [-0.15, -0.1) is 11.8 Å². The zero-order valence-corrected chi connectivity index (χ0v) is 13.0. The third-order valence-corrected chi connectivity index (χ3v) is 4.19. The van der Waals surface area contributed by atoms with Gasteiger partial charge in [-0.25, -0.2) is 0 Å². The Morgan fingerprint density at radius 2 is 2.05 bits per heavy atom. The number of anilines is 2. The number of aromatic nitrogens is 1. The van der Waals surface area contributed by atoms with Crippen LogP contribution in [0.3, 0.4) is 0 Å². The standard InChI is InChI=1S/C15H16ClN3OS/c16-13-4-3-11(10-14(13)17)19-15(20)2-1-9-21-12-5-7-18-8-6-12/h3-8,10H,1-2,9,17H2,(H,19,20). The number of thioether (sulfide) groups is 1. The third kappa shape index (κ3) is 5.28. The number of hydrogen-bond acceptors (Lipinski definition) is 4. The first-order chi connectivity index (χ1) is 10.1. The van der Waals surface area contributed by atoms with Crippen LogP contribution in [0.5, 0.6) is 0 Å². The highest BCUT2D eigenvalue weighted by Crippen LogP contribution is 2.22. The number of amides is 1. The van der Waals surface area contributed by atoms with Crippen LogP contribution in [0.25, 0.3) is 0 Å². The normalized spacial score (nSPS) is 10.3. The SMILES string of the molecule is Nc1cc(NC(=O)CCCSc2ccncc2)ccc1Cl. The number of nitrogens with two attached hydrogens (primary N) is 1. The maximum Gasteiger partial charge on any atom is 0.224 e. The largest absolute Gasteiger partial charge is 0.397 e. The van der Waals surface area contributed by atoms with Gasteiger partial charge in [0.05, 0.1) is 10.7 Å². The van der Waals surface area contributed by atoms with Crippen LogP contribution >= 0.6 is 23.4 Å². The molecule has 0 aliphatic rings. The Morgan fingerprint density at radius 1 is 1.29 bits per heavy atom. The highest BCUT2D eigenvalue weighted by molar-refractivity contribution is 7.99. The molecule has 0 fully saturated rings. The Bertz CT molecular complexity index is 607. The molecular weight excluding hydrogens is 306 g/mol. The van der Waals surface area contributed by atoms with Crippen molar-refractivity contribution in [3.05, 3.63) is 47.7 Å². The van der Waals surface area contributed by atoms with E-state index in [0.717, 1.165) is 17.1 Å². The van der Waals surface area contributed by atoms with Gasteiger partial charge in [0.15, 0.2) is 0 Å². The molecule has 0 spiro atoms. The molecule has 0 atom stereocenters. The summed E-state index contributed by atoms with van der Waals surface area (Å²) in [4.78, 5) is 16.9. The van der Waals surface area contributed by atoms with Crippen LogP contribution in [0.1, 0.15) is 12.8 Å². The lowest BCUT2D eigenvalue weighted by Crippen LogP contribution is -2.11. The van der Waals surface area contributed by atoms with Gasteiger partial charge in [0.2, 0.25) is 5.91 Å². The number of nitrogens with one attached hydrogen (secondary N) is 1. The lowest BCUT2D eigenvalue weighted by molar-refractivity contribution is -0.116. The van der Waals surface area contributed by atoms with E-state index in [2.05, 4.69) is 10.3 Å². The van der Waals surface area contributed by atoms with Crippen LogP contribution in [0.4, 0.5) is 11.4 Å². The fourth-order valence-corrected chi connectivity index (χ4v) is 2.66. The number of nitrogen functional groups attached to an aromatic ring is 1. The Balaban J connectivity index is 1.71. The van der Waals surface area contributed by atoms with E-state index < -0.39 is 0 Å². The van der Waals surface area contributed by atoms with E-state index in [0.29, 0.717) is 22.8 Å². The molecule has 1 aromatic heterocycles. The van der Waals surface area contributed by atoms with Crippen molar-refractivity contribution in [2.45, 2.75) is 17.7 Å². The summed E-state index contributed by atoms with van der Waals surface area (Å²) in [5.74, 6) is 0.868. The van der Waals surface area contributed by atoms with Crippen molar-refractivity contribution in [1.82, 2.24) is 4.98 Å². The van der Waals surface area contributed by atoms with Gasteiger partial charge >= 0.3 is 0 Å². The topological polar surface area (TPSA) is 68.0 Å². The molecule has 1 heterocycles. The Hall–Kier alpha value is -1.72. The maximum atomic E-state index is 11.8. The van der Waals surface area contributed by atoms with E-state index in [9.17, 15) is 4.79 Å². The molecule has 4 nitrogen and oxygen atoms in total. The summed E-state index contributed by atoms with van der Waals surface area (Å²) in [5, 5.41) is 3.30. The minimum atomic E-state index is -0.0212. The van der Waals surface area contributed by atoms with Crippen LogP contribution in [0.15, 0.2) is 47.6 Å². The van der Waals surface area contributed by atoms with Crippen LogP contribution in [-0.2, 0) is 4.79 Å². The molecule has 2 aromatic rings. The van der Waals surface area contributed by atoms with Crippen LogP contribution in [0, 0.1) is 0 Å². The third-order valence-electron chi connectivity index (χ3n) is 2.75. The average Bonchev–Trinajstić information content (AvgIpc) is 2.49. The van der Waals surface area contributed by atoms with Crippen molar-refractivity contribution in [2.75, 3.05) is 16.8 Å².